The van der Waals surface area contributed by atoms with Gasteiger partial charge >= 0.3 is 71.6 Å². The van der Waals surface area contributed by atoms with Gasteiger partial charge in [-0.3, -0.25) is 0 Å². The third-order valence-corrected chi connectivity index (χ3v) is 9.36. The van der Waals surface area contributed by atoms with Gasteiger partial charge in [0.05, 0.1) is 66.8 Å². The van der Waals surface area contributed by atoms with E-state index in [9.17, 15) is 72.9 Å². The molecule has 75 heavy (non-hydrogen) atoms. The van der Waals surface area contributed by atoms with E-state index in [4.69, 9.17) is 38.1 Å². The molecule has 6 aromatic rings. The fraction of sp³-hybridized carbons (Fsp3) is 0. The van der Waals surface area contributed by atoms with Gasteiger partial charge in [0.1, 0.15) is 34.5 Å². The molecule has 0 saturated carbocycles. The molecule has 0 aromatic heterocycles. The third kappa shape index (κ3) is 14.2. The molecule has 0 aliphatic carbocycles. The maximum atomic E-state index is 11.6. The summed E-state index contributed by atoms with van der Waals surface area (Å²) in [5.74, 6) is -16.2. The Kier molecular flexibility index (Phi) is 14.9. The number of benzene rings is 6. The van der Waals surface area contributed by atoms with Gasteiger partial charge in [0.15, 0.2) is 0 Å². The molecule has 0 unspecified atom stereocenters. The highest BCUT2D eigenvalue weighted by Crippen LogP contribution is 2.30. The molecule has 0 aliphatic rings. The molecule has 0 amide bonds. The summed E-state index contributed by atoms with van der Waals surface area (Å²) in [7, 11) is 0. The Bertz CT molecular complexity index is 3390. The van der Waals surface area contributed by atoms with Gasteiger partial charge in [-0.25, -0.2) is 57.5 Å². The van der Waals surface area contributed by atoms with Gasteiger partial charge in [-0.2, -0.15) is 0 Å². The van der Waals surface area contributed by atoms with Crippen molar-refractivity contribution in [3.63, 3.8) is 0 Å². The van der Waals surface area contributed by atoms with Crippen LogP contribution in [-0.2, 0) is 0 Å². The van der Waals surface area contributed by atoms with Gasteiger partial charge in [0, 0.05) is 0 Å². The lowest BCUT2D eigenvalue weighted by atomic mass is 10.1. The van der Waals surface area contributed by atoms with E-state index in [-0.39, 0.29) is 51.2 Å². The second-order valence-corrected chi connectivity index (χ2v) is 14.1. The van der Waals surface area contributed by atoms with Crippen LogP contribution in [0.4, 0.5) is 0 Å². The fourth-order valence-electron chi connectivity index (χ4n) is 6.06. The van der Waals surface area contributed by atoms with Crippen LogP contribution in [0.25, 0.3) is 8.59 Å². The molecule has 12 N–H and O–H groups in total. The minimum Gasteiger partial charge on any atom is -0.478 e. The summed E-state index contributed by atoms with van der Waals surface area (Å²) < 4.78 is 55.7. The molecular formula is C48H30O27. The van der Waals surface area contributed by atoms with Crippen molar-refractivity contribution in [1.82, 2.24) is 0 Å². The summed E-state index contributed by atoms with van der Waals surface area (Å²) in [4.78, 5) is 136. The molecule has 0 bridgehead atoms. The van der Waals surface area contributed by atoms with Crippen molar-refractivity contribution >= 4 is 71.6 Å². The van der Waals surface area contributed by atoms with Gasteiger partial charge in [0.2, 0.25) is 0 Å². The van der Waals surface area contributed by atoms with E-state index in [1.54, 1.807) is 0 Å². The molecule has 27 heteroatoms. The molecule has 0 aliphatic heterocycles. The normalized spacial score (nSPS) is 10.9. The molecular weight excluding hydrogens is 1010 g/mol. The van der Waals surface area contributed by atoms with Crippen molar-refractivity contribution < 1.29 is 133 Å². The van der Waals surface area contributed by atoms with Crippen molar-refractivity contribution in [3.8, 4) is 34.5 Å². The average Bonchev–Trinajstić information content (AvgIpc) is 3.45. The lowest BCUT2D eigenvalue weighted by Crippen LogP contribution is -2.09. The van der Waals surface area contributed by atoms with E-state index in [2.05, 4.69) is 30.7 Å². The molecule has 0 heterocycles. The summed E-state index contributed by atoms with van der Waals surface area (Å²) >= 11 is 0. The van der Waals surface area contributed by atoms with Gasteiger partial charge in [-0.1, -0.05) is 0 Å². The number of carboxylic acid groups (broad SMARTS) is 12. The quantitative estimate of drug-likeness (QED) is 0.0420. The standard InChI is InChI=1S/3C16H10O9/c3*17-13(18)9-3-1-7(5-11(9)15(21)22)25-8-2-4-10(14(19)20)12(6-8)16(23)24/h3*1-6H,(H,17,18)(H,19,20)(H,21,22)(H,23,24)/i/hD6. The van der Waals surface area contributed by atoms with Crippen LogP contribution in [0, 0.1) is 0 Å². The lowest BCUT2D eigenvalue weighted by Gasteiger charge is -2.10. The fourth-order valence-corrected chi connectivity index (χ4v) is 6.06. The van der Waals surface area contributed by atoms with Gasteiger partial charge in [-0.05, 0) is 109 Å². The summed E-state index contributed by atoms with van der Waals surface area (Å²) in [5, 5.41) is 77.3. The molecule has 27 nitrogen and oxygen atoms in total. The van der Waals surface area contributed by atoms with Gasteiger partial charge in [-0.15, -0.1) is 0 Å². The second kappa shape index (κ2) is 23.8. The number of ether oxygens (including phenoxy) is 3. The maximum Gasteiger partial charge on any atom is 0.336 e. The minimum atomic E-state index is -1.47. The number of rotatable bonds is 18. The highest BCUT2D eigenvalue weighted by molar-refractivity contribution is 6.05. The van der Waals surface area contributed by atoms with Crippen LogP contribution in [0.2, 0.25) is 0 Å². The Morgan fingerprint density at radius 3 is 0.507 bits per heavy atom. The monoisotopic (exact) mass is 1040 g/mol. The predicted molar refractivity (Wildman–Crippen MR) is 242 cm³/mol. The van der Waals surface area contributed by atoms with Gasteiger partial charge in [0.25, 0.3) is 8.59 Å². The summed E-state index contributed by atoms with van der Waals surface area (Å²) in [6.45, 7) is 0. The van der Waals surface area contributed by atoms with Crippen molar-refractivity contribution in [1.29, 1.82) is 8.59 Å². The van der Waals surface area contributed by atoms with Crippen molar-refractivity contribution in [2.24, 2.45) is 0 Å². The van der Waals surface area contributed by atoms with Gasteiger partial charge < -0.3 is 75.5 Å². The van der Waals surface area contributed by atoms with Crippen LogP contribution < -0.4 is 14.2 Å². The largest absolute Gasteiger partial charge is 0.478 e. The number of aromatic carboxylic acids is 12. The van der Waals surface area contributed by atoms with E-state index in [1.807, 2.05) is 0 Å². The zero-order chi connectivity index (χ0) is 60.4. The SMILES string of the molecule is [2H]OC(=O)c1cc(Oc2ccc(C(=O)O)c(C(=O)O[2H])c2)ccc1C(=O)O.[2H]OC(=O)c1ccc(Oc2ccc(C(=O)O)c(C(=O)O[2H])c2)cc1C(=O)O.[2H]OC(=O)c1ccc(Oc2ccc(C(=O)O[2H])c(C(=O)O)c2)cc1C(=O)O. The molecule has 0 saturated heterocycles. The maximum absolute atomic E-state index is 11.6. The van der Waals surface area contributed by atoms with E-state index in [1.165, 1.54) is 36.4 Å². The molecule has 0 fully saturated rings. The Morgan fingerprint density at radius 1 is 0.227 bits per heavy atom. The number of hydrogen-bond acceptors (Lipinski definition) is 21. The topological polar surface area (TPSA) is 475 Å². The average molecular weight is 1040 g/mol. The van der Waals surface area contributed by atoms with E-state index in [0.717, 1.165) is 72.8 Å². The second-order valence-electron chi connectivity index (χ2n) is 14.1. The number of hydrogen-bond donors (Lipinski definition) is 12. The number of carboxylic acids is 12. The Hall–Kier alpha value is -11.6. The molecule has 6 rings (SSSR count). The zero-order valence-corrected chi connectivity index (χ0v) is 36.6. The van der Waals surface area contributed by atoms with Crippen molar-refractivity contribution in [2.75, 3.05) is 0 Å². The highest BCUT2D eigenvalue weighted by Gasteiger charge is 2.23. The molecule has 0 radical (unpaired) electrons. The Balaban J connectivity index is 0.000000261. The van der Waals surface area contributed by atoms with Crippen LogP contribution in [0.1, 0.15) is 124 Å². The summed E-state index contributed by atoms with van der Waals surface area (Å²) in [5.41, 5.74) is -5.15. The van der Waals surface area contributed by atoms with E-state index >= 15 is 0 Å². The van der Waals surface area contributed by atoms with Crippen LogP contribution >= 0.6 is 0 Å². The predicted octanol–water partition coefficient (Wildman–Crippen LogP) is 6.82. The molecule has 0 spiro atoms. The van der Waals surface area contributed by atoms with Crippen LogP contribution in [-0.4, -0.2) is 133 Å². The zero-order valence-electron chi connectivity index (χ0n) is 42.6. The van der Waals surface area contributed by atoms with Crippen molar-refractivity contribution in [2.45, 2.75) is 0 Å². The lowest BCUT2D eigenvalue weighted by molar-refractivity contribution is 0.0651. The first-order chi connectivity index (χ1) is 38.3. The summed E-state index contributed by atoms with van der Waals surface area (Å²) in [6.07, 6.45) is 0. The summed E-state index contributed by atoms with van der Waals surface area (Å²) in [6, 6.07) is 19.6. The Morgan fingerprint density at radius 2 is 0.360 bits per heavy atom. The first kappa shape index (κ1) is 47.1. The van der Waals surface area contributed by atoms with Crippen LogP contribution in [0.15, 0.2) is 109 Å². The minimum absolute atomic E-state index is 0.0475. The molecule has 0 atom stereocenters. The van der Waals surface area contributed by atoms with Crippen LogP contribution in [0.5, 0.6) is 34.5 Å². The number of carbonyl (C=O) groups is 12. The first-order valence-corrected chi connectivity index (χ1v) is 19.7. The van der Waals surface area contributed by atoms with E-state index < -0.39 is 122 Å². The van der Waals surface area contributed by atoms with Crippen molar-refractivity contribution in [3.05, 3.63) is 176 Å². The highest BCUT2D eigenvalue weighted by atomic mass is 16.5. The molecule has 6 aromatic carbocycles. The first-order valence-electron chi connectivity index (χ1n) is 22.1. The van der Waals surface area contributed by atoms with Crippen LogP contribution in [0.3, 0.4) is 0 Å². The smallest absolute Gasteiger partial charge is 0.336 e. The Labute approximate surface area is 423 Å². The third-order valence-electron chi connectivity index (χ3n) is 9.36. The van der Waals surface area contributed by atoms with E-state index in [0.29, 0.717) is 0 Å². The molecule has 384 valence electrons.